The second-order valence-corrected chi connectivity index (χ2v) is 8.19. The number of nitrogens with zero attached hydrogens (tertiary/aromatic N) is 3. The topological polar surface area (TPSA) is 105 Å². The number of fused-ring (bicyclic) bond motifs is 2. The SMILES string of the molecule is Cc1nc2c(c(=O)n1CC(=O)NCc1cc3cnccc3[nH]1)NC(c1ccc(F)cc1)CC2. The van der Waals surface area contributed by atoms with Crippen molar-refractivity contribution in [2.24, 2.45) is 0 Å². The minimum atomic E-state index is -0.301. The van der Waals surface area contributed by atoms with Gasteiger partial charge in [-0.3, -0.25) is 19.1 Å². The zero-order chi connectivity index (χ0) is 22.9. The fraction of sp³-hybridized carbons (Fsp3) is 0.250. The molecule has 1 atom stereocenters. The molecule has 3 aromatic heterocycles. The van der Waals surface area contributed by atoms with Crippen molar-refractivity contribution in [1.29, 1.82) is 0 Å². The van der Waals surface area contributed by atoms with Crippen molar-refractivity contribution in [3.63, 3.8) is 0 Å². The van der Waals surface area contributed by atoms with E-state index in [-0.39, 0.29) is 29.9 Å². The van der Waals surface area contributed by atoms with Crippen LogP contribution in [0.3, 0.4) is 0 Å². The molecule has 0 saturated carbocycles. The minimum absolute atomic E-state index is 0.117. The molecule has 1 amide bonds. The molecule has 33 heavy (non-hydrogen) atoms. The molecular weight excluding hydrogens is 423 g/mol. The Balaban J connectivity index is 1.31. The molecule has 1 unspecified atom stereocenters. The highest BCUT2D eigenvalue weighted by Gasteiger charge is 2.25. The summed E-state index contributed by atoms with van der Waals surface area (Å²) in [7, 11) is 0. The van der Waals surface area contributed by atoms with Crippen molar-refractivity contribution in [2.75, 3.05) is 5.32 Å². The molecule has 4 heterocycles. The van der Waals surface area contributed by atoms with Gasteiger partial charge in [0.05, 0.1) is 18.3 Å². The molecule has 0 spiro atoms. The molecule has 0 aliphatic carbocycles. The van der Waals surface area contributed by atoms with Crippen LogP contribution in [0.4, 0.5) is 10.1 Å². The molecule has 0 fully saturated rings. The lowest BCUT2D eigenvalue weighted by Gasteiger charge is -2.27. The molecule has 8 nitrogen and oxygen atoms in total. The summed E-state index contributed by atoms with van der Waals surface area (Å²) in [6.07, 6.45) is 4.83. The van der Waals surface area contributed by atoms with Gasteiger partial charge in [-0.15, -0.1) is 0 Å². The molecule has 0 saturated heterocycles. The van der Waals surface area contributed by atoms with Crippen molar-refractivity contribution in [3.8, 4) is 0 Å². The standard InChI is InChI=1S/C24H23FN6O2/c1-14-28-21-7-6-19(15-2-4-17(25)5-3-15)30-23(21)24(33)31(14)13-22(32)27-12-18-10-16-11-26-9-8-20(16)29-18/h2-5,8-11,19,29-30H,6-7,12-13H2,1H3,(H,27,32). The third-order valence-corrected chi connectivity index (χ3v) is 5.95. The number of rotatable bonds is 5. The van der Waals surface area contributed by atoms with E-state index in [2.05, 4.69) is 25.6 Å². The highest BCUT2D eigenvalue weighted by molar-refractivity contribution is 5.80. The summed E-state index contributed by atoms with van der Waals surface area (Å²) in [4.78, 5) is 37.7. The molecule has 3 N–H and O–H groups in total. The Labute approximate surface area is 188 Å². The number of nitrogens with one attached hydrogen (secondary N) is 3. The Kier molecular flexibility index (Phi) is 5.37. The summed E-state index contributed by atoms with van der Waals surface area (Å²) in [6.45, 7) is 1.91. The summed E-state index contributed by atoms with van der Waals surface area (Å²) in [5, 5.41) is 7.07. The maximum Gasteiger partial charge on any atom is 0.277 e. The molecule has 5 rings (SSSR count). The van der Waals surface area contributed by atoms with Crippen LogP contribution in [0.5, 0.6) is 0 Å². The van der Waals surface area contributed by atoms with E-state index in [1.807, 2.05) is 12.1 Å². The van der Waals surface area contributed by atoms with Gasteiger partial charge in [0, 0.05) is 29.0 Å². The number of pyridine rings is 1. The average Bonchev–Trinajstić information content (AvgIpc) is 3.24. The summed E-state index contributed by atoms with van der Waals surface area (Å²) >= 11 is 0. The van der Waals surface area contributed by atoms with Gasteiger partial charge in [0.15, 0.2) is 0 Å². The van der Waals surface area contributed by atoms with Crippen molar-refractivity contribution in [2.45, 2.75) is 38.9 Å². The predicted octanol–water partition coefficient (Wildman–Crippen LogP) is 2.98. The first kappa shape index (κ1) is 20.9. The van der Waals surface area contributed by atoms with Gasteiger partial charge in [0.1, 0.15) is 23.9 Å². The largest absolute Gasteiger partial charge is 0.372 e. The lowest BCUT2D eigenvalue weighted by atomic mass is 9.96. The van der Waals surface area contributed by atoms with E-state index in [1.165, 1.54) is 16.7 Å². The number of aryl methyl sites for hydroxylation is 2. The number of carbonyl (C=O) groups is 1. The van der Waals surface area contributed by atoms with E-state index in [0.29, 0.717) is 30.2 Å². The van der Waals surface area contributed by atoms with Gasteiger partial charge in [0.25, 0.3) is 5.56 Å². The number of H-pyrrole nitrogens is 1. The molecule has 4 aromatic rings. The Bertz CT molecular complexity index is 1360. The smallest absolute Gasteiger partial charge is 0.277 e. The highest BCUT2D eigenvalue weighted by atomic mass is 19.1. The number of aromatic amines is 1. The monoisotopic (exact) mass is 446 g/mol. The van der Waals surface area contributed by atoms with Crippen molar-refractivity contribution in [3.05, 3.63) is 87.7 Å². The van der Waals surface area contributed by atoms with E-state index in [0.717, 1.165) is 28.6 Å². The summed E-state index contributed by atoms with van der Waals surface area (Å²) in [5.41, 5.74) is 3.51. The first-order chi connectivity index (χ1) is 16.0. The normalized spacial score (nSPS) is 15.2. The third-order valence-electron chi connectivity index (χ3n) is 5.95. The molecule has 0 bridgehead atoms. The van der Waals surface area contributed by atoms with Crippen molar-refractivity contribution < 1.29 is 9.18 Å². The Hall–Kier alpha value is -4.01. The molecule has 1 aliphatic heterocycles. The van der Waals surface area contributed by atoms with Gasteiger partial charge in [0.2, 0.25) is 5.91 Å². The van der Waals surface area contributed by atoms with Crippen LogP contribution in [0.25, 0.3) is 10.9 Å². The summed E-state index contributed by atoms with van der Waals surface area (Å²) in [5.74, 6) is -0.0954. The number of carbonyl (C=O) groups excluding carboxylic acids is 1. The molecular formula is C24H23FN6O2. The fourth-order valence-electron chi connectivity index (χ4n) is 4.22. The fourth-order valence-corrected chi connectivity index (χ4v) is 4.22. The predicted molar refractivity (Wildman–Crippen MR) is 122 cm³/mol. The maximum absolute atomic E-state index is 13.3. The average molecular weight is 446 g/mol. The number of anilines is 1. The maximum atomic E-state index is 13.3. The van der Waals surface area contributed by atoms with Gasteiger partial charge >= 0.3 is 0 Å². The number of amides is 1. The lowest BCUT2D eigenvalue weighted by Crippen LogP contribution is -2.37. The van der Waals surface area contributed by atoms with Gasteiger partial charge in [-0.2, -0.15) is 0 Å². The van der Waals surface area contributed by atoms with E-state index < -0.39 is 0 Å². The second kappa shape index (κ2) is 8.50. The lowest BCUT2D eigenvalue weighted by molar-refractivity contribution is -0.121. The number of benzene rings is 1. The quantitative estimate of drug-likeness (QED) is 0.437. The van der Waals surface area contributed by atoms with Crippen LogP contribution in [-0.4, -0.2) is 25.4 Å². The first-order valence-corrected chi connectivity index (χ1v) is 10.8. The van der Waals surface area contributed by atoms with Crippen LogP contribution in [0.15, 0.2) is 53.6 Å². The van der Waals surface area contributed by atoms with E-state index >= 15 is 0 Å². The zero-order valence-corrected chi connectivity index (χ0v) is 18.1. The van der Waals surface area contributed by atoms with Crippen LogP contribution in [0, 0.1) is 12.7 Å². The third kappa shape index (κ3) is 4.21. The van der Waals surface area contributed by atoms with Gasteiger partial charge < -0.3 is 15.6 Å². The van der Waals surface area contributed by atoms with E-state index in [1.54, 1.807) is 31.5 Å². The van der Waals surface area contributed by atoms with Crippen molar-refractivity contribution in [1.82, 2.24) is 24.8 Å². The van der Waals surface area contributed by atoms with Crippen LogP contribution < -0.4 is 16.2 Å². The summed E-state index contributed by atoms with van der Waals surface area (Å²) < 4.78 is 14.7. The first-order valence-electron chi connectivity index (χ1n) is 10.8. The molecule has 168 valence electrons. The van der Waals surface area contributed by atoms with Gasteiger partial charge in [-0.25, -0.2) is 9.37 Å². The Morgan fingerprint density at radius 3 is 2.88 bits per heavy atom. The van der Waals surface area contributed by atoms with Crippen LogP contribution in [0.2, 0.25) is 0 Å². The van der Waals surface area contributed by atoms with Crippen LogP contribution >= 0.6 is 0 Å². The Morgan fingerprint density at radius 2 is 2.09 bits per heavy atom. The second-order valence-electron chi connectivity index (χ2n) is 8.19. The van der Waals surface area contributed by atoms with Gasteiger partial charge in [-0.1, -0.05) is 12.1 Å². The number of aromatic nitrogens is 4. The molecule has 9 heteroatoms. The zero-order valence-electron chi connectivity index (χ0n) is 18.1. The number of hydrogen-bond donors (Lipinski definition) is 3. The molecule has 0 radical (unpaired) electrons. The van der Waals surface area contributed by atoms with Crippen LogP contribution in [-0.2, 0) is 24.3 Å². The highest BCUT2D eigenvalue weighted by Crippen LogP contribution is 2.29. The minimum Gasteiger partial charge on any atom is -0.372 e. The van der Waals surface area contributed by atoms with Crippen molar-refractivity contribution >= 4 is 22.5 Å². The van der Waals surface area contributed by atoms with Gasteiger partial charge in [-0.05, 0) is 49.6 Å². The number of halogens is 1. The molecule has 1 aromatic carbocycles. The van der Waals surface area contributed by atoms with Crippen LogP contribution in [0.1, 0.15) is 35.2 Å². The number of hydrogen-bond acceptors (Lipinski definition) is 5. The molecule has 1 aliphatic rings. The van der Waals surface area contributed by atoms with E-state index in [9.17, 15) is 14.0 Å². The van der Waals surface area contributed by atoms with E-state index in [4.69, 9.17) is 0 Å². The summed E-state index contributed by atoms with van der Waals surface area (Å²) in [6, 6.07) is 9.93. The Morgan fingerprint density at radius 1 is 1.27 bits per heavy atom.